The fourth-order valence-electron chi connectivity index (χ4n) is 3.07. The fourth-order valence-corrected chi connectivity index (χ4v) is 3.07. The molecule has 2 aliphatic rings. The van der Waals surface area contributed by atoms with Crippen LogP contribution < -0.4 is 5.73 Å². The van der Waals surface area contributed by atoms with Gasteiger partial charge >= 0.3 is 17.9 Å². The van der Waals surface area contributed by atoms with Crippen molar-refractivity contribution in [2.75, 3.05) is 26.1 Å². The van der Waals surface area contributed by atoms with Crippen LogP contribution in [-0.4, -0.2) is 49.4 Å². The van der Waals surface area contributed by atoms with E-state index >= 15 is 0 Å². The van der Waals surface area contributed by atoms with Gasteiger partial charge in [0.25, 0.3) is 5.91 Å². The third kappa shape index (κ3) is 5.82. The summed E-state index contributed by atoms with van der Waals surface area (Å²) in [7, 11) is 1.20. The highest BCUT2D eigenvalue weighted by molar-refractivity contribution is 6.15. The van der Waals surface area contributed by atoms with Crippen molar-refractivity contribution in [2.24, 2.45) is 5.41 Å². The lowest BCUT2D eigenvalue weighted by Crippen LogP contribution is -2.37. The Balaban J connectivity index is 2.46. The van der Waals surface area contributed by atoms with Crippen molar-refractivity contribution in [3.05, 3.63) is 41.0 Å². The minimum Gasteiger partial charge on any atom is -0.462 e. The van der Waals surface area contributed by atoms with Crippen LogP contribution in [0.1, 0.15) is 60.9 Å². The van der Waals surface area contributed by atoms with E-state index < -0.39 is 29.2 Å². The maximum Gasteiger partial charge on any atom is 0.340 e. The van der Waals surface area contributed by atoms with Gasteiger partial charge in [-0.25, -0.2) is 19.2 Å². The maximum absolute atomic E-state index is 12.7. The zero-order valence-electron chi connectivity index (χ0n) is 20.2. The Morgan fingerprint density at radius 1 is 0.882 bits per heavy atom. The van der Waals surface area contributed by atoms with Crippen molar-refractivity contribution < 1.29 is 38.3 Å². The molecule has 0 aromatic carbocycles. The van der Waals surface area contributed by atoms with Gasteiger partial charge in [-0.1, -0.05) is 24.3 Å². The average molecular weight is 475 g/mol. The number of rotatable bonds is 7. The first kappa shape index (κ1) is 26.6. The fraction of sp³-hybridized carbons (Fsp3) is 0.417. The number of hydrogen-bond donors (Lipinski definition) is 1. The largest absolute Gasteiger partial charge is 0.462 e. The van der Waals surface area contributed by atoms with E-state index in [0.29, 0.717) is 21.9 Å². The molecule has 2 rings (SSSR count). The number of carbonyl (C=O) groups is 4. The van der Waals surface area contributed by atoms with Crippen LogP contribution in [-0.2, 0) is 35.2 Å². The van der Waals surface area contributed by atoms with E-state index in [-0.39, 0.29) is 36.4 Å². The Labute approximate surface area is 198 Å². The number of hydrogen-bond acceptors (Lipinski definition) is 9. The molecule has 0 aromatic rings. The standard InChI is InChI=1S/C24H30N2O8/c1-7-32-21(28)18-15-11-9-14(10-12-16(15)19(20(18)25)22(29)33-8-2)13-17(27)26(31-6)34-23(30)24(3,4)5/h9-12H,7-8,13,25H2,1-6H3. The smallest absolute Gasteiger partial charge is 0.340 e. The number of nitrogens with two attached hydrogens (primary N) is 1. The average Bonchev–Trinajstić information content (AvgIpc) is 2.89. The molecule has 10 nitrogen and oxygen atoms in total. The van der Waals surface area contributed by atoms with Crippen LogP contribution in [0, 0.1) is 5.41 Å². The van der Waals surface area contributed by atoms with E-state index in [1.807, 2.05) is 0 Å². The summed E-state index contributed by atoms with van der Waals surface area (Å²) in [6.07, 6.45) is -0.193. The molecule has 0 saturated carbocycles. The Morgan fingerprint density at radius 3 is 1.74 bits per heavy atom. The van der Waals surface area contributed by atoms with Gasteiger partial charge in [0.15, 0.2) is 0 Å². The van der Waals surface area contributed by atoms with Gasteiger partial charge in [-0.3, -0.25) is 4.79 Å². The molecule has 184 valence electrons. The number of nitrogen functional groups attached to an aromatic ring is 1. The number of fused-ring (bicyclic) bond motifs is 1. The quantitative estimate of drug-likeness (QED) is 0.474. The van der Waals surface area contributed by atoms with Gasteiger partial charge in [0, 0.05) is 0 Å². The van der Waals surface area contributed by atoms with E-state index in [0.717, 1.165) is 0 Å². The van der Waals surface area contributed by atoms with Gasteiger partial charge in [-0.2, -0.15) is 0 Å². The molecule has 34 heavy (non-hydrogen) atoms. The highest BCUT2D eigenvalue weighted by Gasteiger charge is 2.31. The van der Waals surface area contributed by atoms with Gasteiger partial charge in [-0.15, -0.1) is 0 Å². The van der Waals surface area contributed by atoms with E-state index in [9.17, 15) is 19.2 Å². The number of esters is 2. The monoisotopic (exact) mass is 474 g/mol. The summed E-state index contributed by atoms with van der Waals surface area (Å²) in [5.41, 5.74) is 6.62. The maximum atomic E-state index is 12.7. The first-order chi connectivity index (χ1) is 16.0. The first-order valence-corrected chi connectivity index (χ1v) is 10.7. The van der Waals surface area contributed by atoms with Crippen LogP contribution in [0.15, 0.2) is 24.3 Å². The van der Waals surface area contributed by atoms with Crippen molar-refractivity contribution in [3.8, 4) is 11.1 Å². The molecule has 0 unspecified atom stereocenters. The summed E-state index contributed by atoms with van der Waals surface area (Å²) >= 11 is 0. The topological polar surface area (TPSA) is 134 Å². The van der Waals surface area contributed by atoms with Gasteiger partial charge < -0.3 is 20.0 Å². The number of anilines is 1. The van der Waals surface area contributed by atoms with Crippen molar-refractivity contribution in [3.63, 3.8) is 0 Å². The normalized spacial score (nSPS) is 11.1. The number of ether oxygens (including phenoxy) is 2. The third-order valence-corrected chi connectivity index (χ3v) is 4.76. The summed E-state index contributed by atoms with van der Waals surface area (Å²) in [4.78, 5) is 59.9. The Morgan fingerprint density at radius 2 is 1.35 bits per heavy atom. The van der Waals surface area contributed by atoms with Gasteiger partial charge in [0.1, 0.15) is 0 Å². The van der Waals surface area contributed by atoms with E-state index in [2.05, 4.69) is 0 Å². The second-order valence-electron chi connectivity index (χ2n) is 8.31. The summed E-state index contributed by atoms with van der Waals surface area (Å²) in [5, 5.41) is 0.520. The van der Waals surface area contributed by atoms with Crippen LogP contribution in [0.25, 0.3) is 11.1 Å². The molecule has 10 heteroatoms. The minimum atomic E-state index is -0.841. The number of amides is 1. The number of hydroxylamine groups is 2. The second kappa shape index (κ2) is 11.0. The molecule has 2 N–H and O–H groups in total. The molecule has 1 amide bonds. The molecular formula is C24H30N2O8. The molecule has 0 saturated heterocycles. The Kier molecular flexibility index (Phi) is 8.58. The lowest BCUT2D eigenvalue weighted by molar-refractivity contribution is -0.315. The van der Waals surface area contributed by atoms with Gasteiger partial charge in [0.05, 0.1) is 49.0 Å². The summed E-state index contributed by atoms with van der Waals surface area (Å²) < 4.78 is 10.2. The Hall–Kier alpha value is -3.66. The molecule has 2 aliphatic carbocycles. The van der Waals surface area contributed by atoms with E-state index in [1.165, 1.54) is 7.11 Å². The van der Waals surface area contributed by atoms with E-state index in [1.54, 1.807) is 58.9 Å². The van der Waals surface area contributed by atoms with Gasteiger partial charge in [0.2, 0.25) is 0 Å². The predicted molar refractivity (Wildman–Crippen MR) is 122 cm³/mol. The molecule has 0 atom stereocenters. The van der Waals surface area contributed by atoms with Crippen LogP contribution in [0.2, 0.25) is 0 Å². The van der Waals surface area contributed by atoms with Crippen LogP contribution in [0.3, 0.4) is 0 Å². The summed E-state index contributed by atoms with van der Waals surface area (Å²) in [5.74, 6) is -2.64. The zero-order valence-corrected chi connectivity index (χ0v) is 20.2. The lowest BCUT2D eigenvalue weighted by Gasteiger charge is -2.22. The molecule has 0 spiro atoms. The molecular weight excluding hydrogens is 444 g/mol. The van der Waals surface area contributed by atoms with Crippen LogP contribution in [0.5, 0.6) is 0 Å². The predicted octanol–water partition coefficient (Wildman–Crippen LogP) is 3.16. The summed E-state index contributed by atoms with van der Waals surface area (Å²) in [6, 6.07) is 6.33. The SMILES string of the molecule is CCOC(=O)c1c2ccc(CC(=O)N(OC)OC(=O)C(C)(C)C)ccc-2c(C(=O)OCC)c1N. The highest BCUT2D eigenvalue weighted by Crippen LogP contribution is 2.39. The second-order valence-corrected chi connectivity index (χ2v) is 8.31. The Bertz CT molecular complexity index is 1000. The third-order valence-electron chi connectivity index (χ3n) is 4.76. The molecule has 0 aliphatic heterocycles. The van der Waals surface area contributed by atoms with Crippen molar-refractivity contribution >= 4 is 29.5 Å². The van der Waals surface area contributed by atoms with Crippen molar-refractivity contribution in [1.82, 2.24) is 5.23 Å². The minimum absolute atomic E-state index is 0.0321. The first-order valence-electron chi connectivity index (χ1n) is 10.7. The van der Waals surface area contributed by atoms with Gasteiger partial charge in [-0.05, 0) is 56.5 Å². The van der Waals surface area contributed by atoms with Crippen LogP contribution >= 0.6 is 0 Å². The molecule has 0 heterocycles. The summed E-state index contributed by atoms with van der Waals surface area (Å²) in [6.45, 7) is 8.49. The molecule has 0 aromatic heterocycles. The van der Waals surface area contributed by atoms with Crippen molar-refractivity contribution in [1.29, 1.82) is 0 Å². The van der Waals surface area contributed by atoms with Crippen molar-refractivity contribution in [2.45, 2.75) is 41.0 Å². The van der Waals surface area contributed by atoms with E-state index in [4.69, 9.17) is 24.9 Å². The van der Waals surface area contributed by atoms with Crippen LogP contribution in [0.4, 0.5) is 5.69 Å². The molecule has 0 radical (unpaired) electrons. The number of carbonyl (C=O) groups excluding carboxylic acids is 4. The number of nitrogens with zero attached hydrogens (tertiary/aromatic N) is 1. The lowest BCUT2D eigenvalue weighted by atomic mass is 9.98. The highest BCUT2D eigenvalue weighted by atomic mass is 17.0. The zero-order chi connectivity index (χ0) is 25.6. The molecule has 0 fully saturated rings. The molecule has 0 bridgehead atoms.